The van der Waals surface area contributed by atoms with E-state index < -0.39 is 0 Å². The van der Waals surface area contributed by atoms with Crippen molar-refractivity contribution >= 4 is 0 Å². The third-order valence-corrected chi connectivity index (χ3v) is 2.62. The van der Waals surface area contributed by atoms with Crippen LogP contribution in [0.3, 0.4) is 0 Å². The minimum absolute atomic E-state index is 0.870. The lowest BCUT2D eigenvalue weighted by atomic mass is 10.1. The van der Waals surface area contributed by atoms with Gasteiger partial charge in [0.1, 0.15) is 0 Å². The van der Waals surface area contributed by atoms with Crippen LogP contribution in [0.2, 0.25) is 0 Å². The van der Waals surface area contributed by atoms with Crippen LogP contribution in [0.4, 0.5) is 0 Å². The minimum atomic E-state index is 0.870. The molecule has 0 amide bonds. The van der Waals surface area contributed by atoms with Crippen molar-refractivity contribution in [2.45, 2.75) is 13.0 Å². The fourth-order valence-corrected chi connectivity index (χ4v) is 1.84. The number of hydrogen-bond donors (Lipinski definition) is 1. The second-order valence-electron chi connectivity index (χ2n) is 3.66. The van der Waals surface area contributed by atoms with E-state index in [1.165, 1.54) is 5.56 Å². The summed E-state index contributed by atoms with van der Waals surface area (Å²) in [5.74, 6) is 0.881. The highest BCUT2D eigenvalue weighted by Crippen LogP contribution is 2.13. The molecular weight excluding hydrogens is 188 g/mol. The van der Waals surface area contributed by atoms with E-state index in [-0.39, 0.29) is 0 Å². The van der Waals surface area contributed by atoms with Crippen molar-refractivity contribution in [3.63, 3.8) is 0 Å². The molecule has 1 aliphatic rings. The fourth-order valence-electron chi connectivity index (χ4n) is 1.84. The van der Waals surface area contributed by atoms with Gasteiger partial charge in [-0.25, -0.2) is 9.67 Å². The molecule has 0 atom stereocenters. The third kappa shape index (κ3) is 1.53. The Balaban J connectivity index is 2.03. The molecule has 0 fully saturated rings. The first-order valence-corrected chi connectivity index (χ1v) is 5.13. The molecule has 3 rings (SSSR count). The highest BCUT2D eigenvalue weighted by atomic mass is 15.3. The van der Waals surface area contributed by atoms with Gasteiger partial charge in [-0.1, -0.05) is 6.07 Å². The van der Waals surface area contributed by atoms with E-state index in [2.05, 4.69) is 21.6 Å². The molecular formula is C11H12N4. The van der Waals surface area contributed by atoms with E-state index in [0.29, 0.717) is 0 Å². The molecule has 76 valence electrons. The summed E-state index contributed by atoms with van der Waals surface area (Å²) >= 11 is 0. The lowest BCUT2D eigenvalue weighted by Gasteiger charge is -2.09. The normalized spacial score (nSPS) is 14.9. The maximum Gasteiger partial charge on any atom is 0.153 e. The van der Waals surface area contributed by atoms with Gasteiger partial charge in [0.15, 0.2) is 5.82 Å². The lowest BCUT2D eigenvalue weighted by Crippen LogP contribution is -2.22. The number of pyridine rings is 1. The fraction of sp³-hybridized carbons (Fsp3) is 0.273. The van der Waals surface area contributed by atoms with Crippen LogP contribution in [0, 0.1) is 0 Å². The molecule has 0 saturated carbocycles. The number of nitrogens with one attached hydrogen (secondary N) is 1. The summed E-state index contributed by atoms with van der Waals surface area (Å²) in [5, 5.41) is 7.82. The van der Waals surface area contributed by atoms with Crippen LogP contribution >= 0.6 is 0 Å². The molecule has 0 bridgehead atoms. The van der Waals surface area contributed by atoms with E-state index >= 15 is 0 Å². The second kappa shape index (κ2) is 3.47. The zero-order chi connectivity index (χ0) is 10.1. The van der Waals surface area contributed by atoms with Crippen LogP contribution in [0.5, 0.6) is 0 Å². The maximum absolute atomic E-state index is 4.51. The molecule has 1 aliphatic heterocycles. The molecule has 0 aliphatic carbocycles. The Hall–Kier alpha value is -1.68. The average molecular weight is 200 g/mol. The lowest BCUT2D eigenvalue weighted by molar-refractivity contribution is 0.629. The van der Waals surface area contributed by atoms with Crippen LogP contribution < -0.4 is 5.32 Å². The van der Waals surface area contributed by atoms with Gasteiger partial charge in [-0.05, 0) is 30.7 Å². The van der Waals surface area contributed by atoms with E-state index in [4.69, 9.17) is 0 Å². The van der Waals surface area contributed by atoms with E-state index in [0.717, 1.165) is 31.0 Å². The topological polar surface area (TPSA) is 42.7 Å². The van der Waals surface area contributed by atoms with Crippen LogP contribution in [0.1, 0.15) is 11.3 Å². The quantitative estimate of drug-likeness (QED) is 0.744. The minimum Gasteiger partial charge on any atom is -0.311 e. The average Bonchev–Trinajstić information content (AvgIpc) is 2.74. The molecule has 2 aromatic rings. The van der Waals surface area contributed by atoms with Crippen LogP contribution in [0.25, 0.3) is 5.82 Å². The summed E-state index contributed by atoms with van der Waals surface area (Å²) in [5.41, 5.74) is 2.48. The van der Waals surface area contributed by atoms with Gasteiger partial charge in [-0.15, -0.1) is 0 Å². The van der Waals surface area contributed by atoms with Gasteiger partial charge in [-0.3, -0.25) is 0 Å². The second-order valence-corrected chi connectivity index (χ2v) is 3.66. The molecule has 3 heterocycles. The first kappa shape index (κ1) is 8.61. The van der Waals surface area contributed by atoms with Crippen molar-refractivity contribution in [2.24, 2.45) is 0 Å². The van der Waals surface area contributed by atoms with Crippen molar-refractivity contribution in [3.8, 4) is 5.82 Å². The van der Waals surface area contributed by atoms with Gasteiger partial charge in [0.05, 0.1) is 5.69 Å². The molecule has 4 nitrogen and oxygen atoms in total. The summed E-state index contributed by atoms with van der Waals surface area (Å²) < 4.78 is 1.86. The summed E-state index contributed by atoms with van der Waals surface area (Å²) in [6.45, 7) is 1.91. The Labute approximate surface area is 88.0 Å². The highest BCUT2D eigenvalue weighted by Gasteiger charge is 2.13. The SMILES string of the molecule is c1ccc(-n2cc3c(n2)CNCC3)nc1. The number of fused-ring (bicyclic) bond motifs is 1. The van der Waals surface area contributed by atoms with Gasteiger partial charge < -0.3 is 5.32 Å². The van der Waals surface area contributed by atoms with Crippen molar-refractivity contribution in [3.05, 3.63) is 41.9 Å². The van der Waals surface area contributed by atoms with Gasteiger partial charge in [0.2, 0.25) is 0 Å². The molecule has 0 aromatic carbocycles. The Morgan fingerprint density at radius 3 is 3.13 bits per heavy atom. The van der Waals surface area contributed by atoms with Crippen LogP contribution in [-0.4, -0.2) is 21.3 Å². The molecule has 15 heavy (non-hydrogen) atoms. The summed E-state index contributed by atoms with van der Waals surface area (Å²) in [7, 11) is 0. The van der Waals surface area contributed by atoms with Crippen molar-refractivity contribution in [1.82, 2.24) is 20.1 Å². The first-order chi connectivity index (χ1) is 7.43. The van der Waals surface area contributed by atoms with E-state index in [9.17, 15) is 0 Å². The largest absolute Gasteiger partial charge is 0.311 e. The summed E-state index contributed by atoms with van der Waals surface area (Å²) in [4.78, 5) is 4.27. The van der Waals surface area contributed by atoms with Crippen molar-refractivity contribution < 1.29 is 0 Å². The van der Waals surface area contributed by atoms with Gasteiger partial charge in [-0.2, -0.15) is 5.10 Å². The Kier molecular flexibility index (Phi) is 1.99. The van der Waals surface area contributed by atoms with Gasteiger partial charge in [0.25, 0.3) is 0 Å². The molecule has 4 heteroatoms. The van der Waals surface area contributed by atoms with Gasteiger partial charge >= 0.3 is 0 Å². The standard InChI is InChI=1S/C11H12N4/c1-2-5-13-11(3-1)15-8-9-4-6-12-7-10(9)14-15/h1-3,5,8,12H,4,6-7H2. The molecule has 1 N–H and O–H groups in total. The number of aromatic nitrogens is 3. The number of nitrogens with zero attached hydrogens (tertiary/aromatic N) is 3. The molecule has 0 saturated heterocycles. The zero-order valence-corrected chi connectivity index (χ0v) is 8.35. The third-order valence-electron chi connectivity index (χ3n) is 2.62. The zero-order valence-electron chi connectivity index (χ0n) is 8.35. The van der Waals surface area contributed by atoms with E-state index in [1.54, 1.807) is 6.20 Å². The Bertz CT molecular complexity index is 437. The van der Waals surface area contributed by atoms with E-state index in [1.807, 2.05) is 22.9 Å². The number of rotatable bonds is 1. The monoisotopic (exact) mass is 200 g/mol. The van der Waals surface area contributed by atoms with Crippen LogP contribution in [0.15, 0.2) is 30.6 Å². The predicted octanol–water partition coefficient (Wildman–Crippen LogP) is 0.913. The molecule has 2 aromatic heterocycles. The van der Waals surface area contributed by atoms with Gasteiger partial charge in [0, 0.05) is 18.9 Å². The van der Waals surface area contributed by atoms with Crippen molar-refractivity contribution in [1.29, 1.82) is 0 Å². The molecule has 0 unspecified atom stereocenters. The summed E-state index contributed by atoms with van der Waals surface area (Å²) in [6, 6.07) is 5.85. The Morgan fingerprint density at radius 1 is 1.33 bits per heavy atom. The highest BCUT2D eigenvalue weighted by molar-refractivity contribution is 5.27. The number of hydrogen-bond acceptors (Lipinski definition) is 3. The Morgan fingerprint density at radius 2 is 2.33 bits per heavy atom. The van der Waals surface area contributed by atoms with Crippen LogP contribution in [-0.2, 0) is 13.0 Å². The molecule has 0 spiro atoms. The molecule has 0 radical (unpaired) electrons. The van der Waals surface area contributed by atoms with Crippen molar-refractivity contribution in [2.75, 3.05) is 6.54 Å². The first-order valence-electron chi connectivity index (χ1n) is 5.13. The maximum atomic E-state index is 4.51. The smallest absolute Gasteiger partial charge is 0.153 e. The summed E-state index contributed by atoms with van der Waals surface area (Å²) in [6.07, 6.45) is 4.93. The predicted molar refractivity (Wildman–Crippen MR) is 56.8 cm³/mol.